The van der Waals surface area contributed by atoms with Gasteiger partial charge in [0.1, 0.15) is 5.82 Å². The van der Waals surface area contributed by atoms with Gasteiger partial charge in [0.15, 0.2) is 5.78 Å². The molecular formula is C19H17FN2O2S. The van der Waals surface area contributed by atoms with Crippen molar-refractivity contribution < 1.29 is 13.6 Å². The molecule has 128 valence electrons. The van der Waals surface area contributed by atoms with E-state index in [1.165, 1.54) is 17.8 Å². The topological polar surface area (TPSA) is 56.0 Å². The number of thioether (sulfide) groups is 1. The fourth-order valence-corrected chi connectivity index (χ4v) is 3.18. The fraction of sp³-hybridized carbons (Fsp3) is 0.211. The zero-order valence-electron chi connectivity index (χ0n) is 14.1. The highest BCUT2D eigenvalue weighted by Crippen LogP contribution is 2.29. The normalized spacial score (nSPS) is 12.2. The molecule has 6 heteroatoms. The van der Waals surface area contributed by atoms with Gasteiger partial charge in [-0.3, -0.25) is 4.79 Å². The summed E-state index contributed by atoms with van der Waals surface area (Å²) in [5, 5.41) is 7.64. The van der Waals surface area contributed by atoms with Gasteiger partial charge in [0.25, 0.3) is 11.1 Å². The number of aromatic nitrogens is 2. The summed E-state index contributed by atoms with van der Waals surface area (Å²) in [5.74, 6) is -0.328. The van der Waals surface area contributed by atoms with Gasteiger partial charge in [-0.2, -0.15) is 0 Å². The highest BCUT2D eigenvalue weighted by atomic mass is 32.2. The Hall–Kier alpha value is -2.47. The zero-order chi connectivity index (χ0) is 18.0. The highest BCUT2D eigenvalue weighted by molar-refractivity contribution is 8.00. The van der Waals surface area contributed by atoms with Crippen LogP contribution in [0.15, 0.2) is 52.1 Å². The Kier molecular flexibility index (Phi) is 4.99. The molecular weight excluding hydrogens is 339 g/mol. The van der Waals surface area contributed by atoms with E-state index in [1.54, 1.807) is 25.1 Å². The predicted molar refractivity (Wildman–Crippen MR) is 95.3 cm³/mol. The van der Waals surface area contributed by atoms with Crippen molar-refractivity contribution in [1.29, 1.82) is 0 Å². The number of aryl methyl sites for hydroxylation is 2. The number of hydrogen-bond acceptors (Lipinski definition) is 5. The van der Waals surface area contributed by atoms with Crippen LogP contribution in [0.2, 0.25) is 0 Å². The van der Waals surface area contributed by atoms with Crippen molar-refractivity contribution in [2.24, 2.45) is 0 Å². The van der Waals surface area contributed by atoms with Gasteiger partial charge in [-0.1, -0.05) is 41.6 Å². The molecule has 1 aromatic heterocycles. The predicted octanol–water partition coefficient (Wildman–Crippen LogP) is 4.86. The molecule has 0 radical (unpaired) electrons. The van der Waals surface area contributed by atoms with Gasteiger partial charge in [-0.15, -0.1) is 10.2 Å². The fourth-order valence-electron chi connectivity index (χ4n) is 2.43. The van der Waals surface area contributed by atoms with E-state index in [9.17, 15) is 9.18 Å². The van der Waals surface area contributed by atoms with E-state index >= 15 is 0 Å². The highest BCUT2D eigenvalue weighted by Gasteiger charge is 2.22. The van der Waals surface area contributed by atoms with Gasteiger partial charge >= 0.3 is 0 Å². The van der Waals surface area contributed by atoms with Gasteiger partial charge in [0.05, 0.1) is 10.8 Å². The van der Waals surface area contributed by atoms with Crippen molar-refractivity contribution in [3.63, 3.8) is 0 Å². The summed E-state index contributed by atoms with van der Waals surface area (Å²) in [7, 11) is 0. The van der Waals surface area contributed by atoms with Crippen LogP contribution in [0.25, 0.3) is 11.5 Å². The van der Waals surface area contributed by atoms with Crippen LogP contribution in [0.3, 0.4) is 0 Å². The Morgan fingerprint density at radius 2 is 1.92 bits per heavy atom. The monoisotopic (exact) mass is 356 g/mol. The molecule has 0 unspecified atom stereocenters. The first kappa shape index (κ1) is 17.4. The van der Waals surface area contributed by atoms with Crippen LogP contribution in [0.4, 0.5) is 4.39 Å². The largest absolute Gasteiger partial charge is 0.411 e. The van der Waals surface area contributed by atoms with Crippen LogP contribution in [-0.2, 0) is 0 Å². The van der Waals surface area contributed by atoms with Crippen molar-refractivity contribution in [1.82, 2.24) is 10.2 Å². The van der Waals surface area contributed by atoms with Gasteiger partial charge in [0.2, 0.25) is 0 Å². The van der Waals surface area contributed by atoms with Crippen LogP contribution in [0.5, 0.6) is 0 Å². The lowest BCUT2D eigenvalue weighted by Crippen LogP contribution is -2.15. The Morgan fingerprint density at radius 3 is 2.68 bits per heavy atom. The maximum Gasteiger partial charge on any atom is 0.277 e. The molecule has 0 aliphatic heterocycles. The number of rotatable bonds is 5. The second kappa shape index (κ2) is 7.19. The Morgan fingerprint density at radius 1 is 1.16 bits per heavy atom. The third kappa shape index (κ3) is 3.79. The maximum absolute atomic E-state index is 13.8. The lowest BCUT2D eigenvalue weighted by Gasteiger charge is -2.10. The minimum atomic E-state index is -0.429. The molecule has 2 aromatic carbocycles. The summed E-state index contributed by atoms with van der Waals surface area (Å²) >= 11 is 1.17. The minimum Gasteiger partial charge on any atom is -0.411 e. The number of nitrogens with zero attached hydrogens (tertiary/aromatic N) is 2. The first-order valence-corrected chi connectivity index (χ1v) is 8.70. The molecule has 1 heterocycles. The maximum atomic E-state index is 13.8. The second-order valence-electron chi connectivity index (χ2n) is 5.80. The van der Waals surface area contributed by atoms with Crippen LogP contribution in [-0.4, -0.2) is 21.2 Å². The molecule has 0 aliphatic rings. The van der Waals surface area contributed by atoms with Gasteiger partial charge in [-0.05, 0) is 44.5 Å². The minimum absolute atomic E-state index is 0.00292. The molecule has 0 saturated carbocycles. The summed E-state index contributed by atoms with van der Waals surface area (Å²) in [6, 6.07) is 12.0. The van der Waals surface area contributed by atoms with Crippen LogP contribution >= 0.6 is 11.8 Å². The first-order valence-electron chi connectivity index (χ1n) is 7.82. The van der Waals surface area contributed by atoms with E-state index < -0.39 is 11.1 Å². The van der Waals surface area contributed by atoms with Gasteiger partial charge in [0, 0.05) is 5.56 Å². The third-order valence-electron chi connectivity index (χ3n) is 3.82. The third-order valence-corrected chi connectivity index (χ3v) is 4.75. The molecule has 3 aromatic rings. The van der Waals surface area contributed by atoms with Gasteiger partial charge in [-0.25, -0.2) is 4.39 Å². The quantitative estimate of drug-likeness (QED) is 0.483. The van der Waals surface area contributed by atoms with Crippen molar-refractivity contribution in [2.75, 3.05) is 0 Å². The molecule has 1 atom stereocenters. The molecule has 0 spiro atoms. The van der Waals surface area contributed by atoms with Crippen molar-refractivity contribution in [3.8, 4) is 11.5 Å². The number of carbonyl (C=O) groups is 1. The van der Waals surface area contributed by atoms with Gasteiger partial charge < -0.3 is 4.42 Å². The molecule has 0 aliphatic carbocycles. The van der Waals surface area contributed by atoms with E-state index in [-0.39, 0.29) is 22.5 Å². The SMILES string of the molecule is Cc1ccc(C)c(C(=O)[C@H](C)Sc2nnc(-c3ccccc3F)o2)c1. The number of hydrogen-bond donors (Lipinski definition) is 0. The number of Topliss-reactive ketones (excluding diaryl/α,β-unsaturated/α-hetero) is 1. The zero-order valence-corrected chi connectivity index (χ0v) is 14.9. The molecule has 0 saturated heterocycles. The lowest BCUT2D eigenvalue weighted by molar-refractivity contribution is 0.0993. The summed E-state index contributed by atoms with van der Waals surface area (Å²) in [6.45, 7) is 5.65. The average molecular weight is 356 g/mol. The van der Waals surface area contributed by atoms with E-state index in [0.717, 1.165) is 11.1 Å². The Bertz CT molecular complexity index is 923. The molecule has 25 heavy (non-hydrogen) atoms. The van der Waals surface area contributed by atoms with E-state index in [1.807, 2.05) is 32.0 Å². The average Bonchev–Trinajstić information content (AvgIpc) is 3.05. The first-order chi connectivity index (χ1) is 12.0. The second-order valence-corrected chi connectivity index (χ2v) is 7.09. The summed E-state index contributed by atoms with van der Waals surface area (Å²) in [4.78, 5) is 12.7. The molecule has 0 amide bonds. The van der Waals surface area contributed by atoms with Crippen LogP contribution in [0.1, 0.15) is 28.4 Å². The van der Waals surface area contributed by atoms with Crippen molar-refractivity contribution in [2.45, 2.75) is 31.2 Å². The van der Waals surface area contributed by atoms with Crippen LogP contribution < -0.4 is 0 Å². The number of halogens is 1. The molecule has 3 rings (SSSR count). The number of carbonyl (C=O) groups excluding carboxylic acids is 1. The Labute approximate surface area is 149 Å². The Balaban J connectivity index is 1.78. The van der Waals surface area contributed by atoms with Crippen molar-refractivity contribution >= 4 is 17.5 Å². The van der Waals surface area contributed by atoms with Crippen molar-refractivity contribution in [3.05, 3.63) is 65.0 Å². The van der Waals surface area contributed by atoms with E-state index in [2.05, 4.69) is 10.2 Å². The molecule has 4 nitrogen and oxygen atoms in total. The summed E-state index contributed by atoms with van der Waals surface area (Å²) < 4.78 is 19.3. The summed E-state index contributed by atoms with van der Waals surface area (Å²) in [6.07, 6.45) is 0. The molecule has 0 N–H and O–H groups in total. The van der Waals surface area contributed by atoms with E-state index in [0.29, 0.717) is 5.56 Å². The number of ketones is 1. The number of benzene rings is 2. The molecule has 0 fully saturated rings. The smallest absolute Gasteiger partial charge is 0.277 e. The van der Waals surface area contributed by atoms with Crippen LogP contribution in [0, 0.1) is 19.7 Å². The molecule has 0 bridgehead atoms. The van der Waals surface area contributed by atoms with E-state index in [4.69, 9.17) is 4.42 Å². The summed E-state index contributed by atoms with van der Waals surface area (Å²) in [5.41, 5.74) is 2.90. The lowest BCUT2D eigenvalue weighted by atomic mass is 10.0. The standard InChI is InChI=1S/C19H17FN2O2S/c1-11-8-9-12(2)15(10-11)17(23)13(3)25-19-22-21-18(24-19)14-6-4-5-7-16(14)20/h4-10,13H,1-3H3/t13-/m0/s1.